The summed E-state index contributed by atoms with van der Waals surface area (Å²) in [6.07, 6.45) is 6.85. The van der Waals surface area contributed by atoms with Crippen molar-refractivity contribution in [1.29, 1.82) is 0 Å². The fraction of sp³-hybridized carbons (Fsp3) is 0.571. The van der Waals surface area contributed by atoms with E-state index >= 15 is 0 Å². The summed E-state index contributed by atoms with van der Waals surface area (Å²) in [5.41, 5.74) is 0.423. The fourth-order valence-electron chi connectivity index (χ4n) is 3.00. The molecule has 1 aromatic rings. The Kier molecular flexibility index (Phi) is 3.37. The number of Topliss-reactive ketones (excluding diaryl/α,β-unsaturated/α-hetero) is 1. The van der Waals surface area contributed by atoms with Gasteiger partial charge in [0.1, 0.15) is 11.5 Å². The topological polar surface area (TPSA) is 30.0 Å². The molecule has 2 fully saturated rings. The number of pyridine rings is 1. The van der Waals surface area contributed by atoms with Crippen LogP contribution in [0.4, 0.5) is 4.39 Å². The average Bonchev–Trinajstić information content (AvgIpc) is 2.38. The van der Waals surface area contributed by atoms with Gasteiger partial charge in [-0.2, -0.15) is 11.8 Å². The highest BCUT2D eigenvalue weighted by Crippen LogP contribution is 2.44. The van der Waals surface area contributed by atoms with Crippen LogP contribution < -0.4 is 0 Å². The van der Waals surface area contributed by atoms with Gasteiger partial charge in [0.05, 0.1) is 6.20 Å². The molecule has 3 heterocycles. The van der Waals surface area contributed by atoms with Crippen molar-refractivity contribution in [1.82, 2.24) is 4.98 Å². The van der Waals surface area contributed by atoms with Crippen molar-refractivity contribution in [2.24, 2.45) is 5.92 Å². The van der Waals surface area contributed by atoms with E-state index < -0.39 is 0 Å². The standard InChI is InChI=1S/C14H16FNOS/c15-10-4-5-13(16-8-10)14(17)9-6-11-2-1-3-12(7-9)18-11/h4-5,8-9,11-12H,1-3,6-7H2. The van der Waals surface area contributed by atoms with Gasteiger partial charge in [-0.1, -0.05) is 6.42 Å². The summed E-state index contributed by atoms with van der Waals surface area (Å²) in [4.78, 5) is 16.3. The second-order valence-electron chi connectivity index (χ2n) is 5.21. The Balaban J connectivity index is 1.74. The van der Waals surface area contributed by atoms with Crippen LogP contribution in [-0.2, 0) is 0 Å². The third kappa shape index (κ3) is 2.44. The third-order valence-electron chi connectivity index (χ3n) is 3.88. The van der Waals surface area contributed by atoms with E-state index in [0.29, 0.717) is 16.2 Å². The van der Waals surface area contributed by atoms with Gasteiger partial charge in [-0.05, 0) is 37.8 Å². The monoisotopic (exact) mass is 265 g/mol. The first kappa shape index (κ1) is 12.2. The molecule has 2 aliphatic rings. The third-order valence-corrected chi connectivity index (χ3v) is 5.51. The Morgan fingerprint density at radius 1 is 1.28 bits per heavy atom. The SMILES string of the molecule is O=C(c1ccc(F)cn1)C1CC2CCCC(C1)S2. The molecule has 0 amide bonds. The largest absolute Gasteiger partial charge is 0.292 e. The van der Waals surface area contributed by atoms with E-state index in [1.807, 2.05) is 0 Å². The molecular weight excluding hydrogens is 249 g/mol. The van der Waals surface area contributed by atoms with Gasteiger partial charge in [0, 0.05) is 16.4 Å². The van der Waals surface area contributed by atoms with Gasteiger partial charge in [0.2, 0.25) is 0 Å². The Morgan fingerprint density at radius 2 is 2.00 bits per heavy atom. The van der Waals surface area contributed by atoms with E-state index in [1.165, 1.54) is 31.4 Å². The van der Waals surface area contributed by atoms with Crippen LogP contribution in [0.1, 0.15) is 42.6 Å². The second kappa shape index (κ2) is 5.00. The molecule has 18 heavy (non-hydrogen) atoms. The van der Waals surface area contributed by atoms with E-state index in [-0.39, 0.29) is 17.5 Å². The van der Waals surface area contributed by atoms with Crippen LogP contribution in [0.3, 0.4) is 0 Å². The minimum absolute atomic E-state index is 0.0968. The zero-order valence-corrected chi connectivity index (χ0v) is 11.0. The number of hydrogen-bond acceptors (Lipinski definition) is 3. The predicted molar refractivity (Wildman–Crippen MR) is 70.3 cm³/mol. The first-order chi connectivity index (χ1) is 8.72. The zero-order chi connectivity index (χ0) is 12.5. The molecule has 2 aliphatic heterocycles. The Morgan fingerprint density at radius 3 is 2.61 bits per heavy atom. The number of halogens is 1. The maximum absolute atomic E-state index is 12.8. The van der Waals surface area contributed by atoms with Crippen LogP contribution in [-0.4, -0.2) is 21.3 Å². The summed E-state index contributed by atoms with van der Waals surface area (Å²) in [5, 5.41) is 1.29. The second-order valence-corrected chi connectivity index (χ2v) is 6.81. The van der Waals surface area contributed by atoms with Gasteiger partial charge in [-0.25, -0.2) is 4.39 Å². The van der Waals surface area contributed by atoms with Crippen LogP contribution in [0.25, 0.3) is 0 Å². The smallest absolute Gasteiger partial charge is 0.184 e. The summed E-state index contributed by atoms with van der Waals surface area (Å²) >= 11 is 2.06. The van der Waals surface area contributed by atoms with Crippen molar-refractivity contribution in [3.63, 3.8) is 0 Å². The van der Waals surface area contributed by atoms with E-state index in [0.717, 1.165) is 19.0 Å². The maximum Gasteiger partial charge on any atom is 0.184 e. The van der Waals surface area contributed by atoms with Gasteiger partial charge in [-0.3, -0.25) is 9.78 Å². The molecule has 3 rings (SSSR count). The van der Waals surface area contributed by atoms with E-state index in [1.54, 1.807) is 0 Å². The summed E-state index contributed by atoms with van der Waals surface area (Å²) in [5.74, 6) is -0.186. The van der Waals surface area contributed by atoms with Gasteiger partial charge in [0.15, 0.2) is 5.78 Å². The van der Waals surface area contributed by atoms with Crippen LogP contribution >= 0.6 is 11.8 Å². The minimum atomic E-state index is -0.386. The molecule has 0 aromatic carbocycles. The number of ketones is 1. The summed E-state index contributed by atoms with van der Waals surface area (Å²) < 4.78 is 12.8. The molecule has 2 nitrogen and oxygen atoms in total. The molecule has 4 heteroatoms. The number of carbonyl (C=O) groups is 1. The van der Waals surface area contributed by atoms with Crippen LogP contribution in [0.5, 0.6) is 0 Å². The highest BCUT2D eigenvalue weighted by molar-refractivity contribution is 8.00. The molecule has 0 saturated carbocycles. The molecule has 2 unspecified atom stereocenters. The number of rotatable bonds is 2. The summed E-state index contributed by atoms with van der Waals surface area (Å²) in [6, 6.07) is 2.83. The molecule has 2 atom stereocenters. The Hall–Kier alpha value is -0.900. The number of hydrogen-bond donors (Lipinski definition) is 0. The maximum atomic E-state index is 12.8. The van der Waals surface area contributed by atoms with Crippen LogP contribution in [0.2, 0.25) is 0 Å². The van der Waals surface area contributed by atoms with Crippen molar-refractivity contribution in [2.45, 2.75) is 42.6 Å². The first-order valence-corrected chi connectivity index (χ1v) is 7.48. The first-order valence-electron chi connectivity index (χ1n) is 6.53. The molecule has 0 N–H and O–H groups in total. The average molecular weight is 265 g/mol. The molecule has 0 aliphatic carbocycles. The van der Waals surface area contributed by atoms with E-state index in [2.05, 4.69) is 16.7 Å². The van der Waals surface area contributed by atoms with Gasteiger partial charge in [-0.15, -0.1) is 0 Å². The lowest BCUT2D eigenvalue weighted by molar-refractivity contribution is 0.0891. The summed E-state index contributed by atoms with van der Waals surface area (Å²) in [6.45, 7) is 0. The van der Waals surface area contributed by atoms with Crippen LogP contribution in [0, 0.1) is 11.7 Å². The number of nitrogens with zero attached hydrogens (tertiary/aromatic N) is 1. The summed E-state index contributed by atoms with van der Waals surface area (Å²) in [7, 11) is 0. The molecule has 0 radical (unpaired) electrons. The zero-order valence-electron chi connectivity index (χ0n) is 10.1. The van der Waals surface area contributed by atoms with Crippen molar-refractivity contribution >= 4 is 17.5 Å². The molecular formula is C14H16FNOS. The van der Waals surface area contributed by atoms with Gasteiger partial charge in [0.25, 0.3) is 0 Å². The van der Waals surface area contributed by atoms with Crippen molar-refractivity contribution in [3.8, 4) is 0 Å². The number of fused-ring (bicyclic) bond motifs is 2. The normalized spacial score (nSPS) is 31.1. The van der Waals surface area contributed by atoms with E-state index in [4.69, 9.17) is 0 Å². The quantitative estimate of drug-likeness (QED) is 0.767. The number of aromatic nitrogens is 1. The Bertz CT molecular complexity index is 436. The molecule has 1 aromatic heterocycles. The fourth-order valence-corrected chi connectivity index (χ4v) is 4.84. The van der Waals surface area contributed by atoms with Crippen molar-refractivity contribution < 1.29 is 9.18 Å². The molecule has 2 saturated heterocycles. The number of thioether (sulfide) groups is 1. The van der Waals surface area contributed by atoms with Gasteiger partial charge >= 0.3 is 0 Å². The van der Waals surface area contributed by atoms with E-state index in [9.17, 15) is 9.18 Å². The number of carbonyl (C=O) groups excluding carboxylic acids is 1. The molecule has 2 bridgehead atoms. The lowest BCUT2D eigenvalue weighted by Crippen LogP contribution is -2.33. The van der Waals surface area contributed by atoms with Crippen molar-refractivity contribution in [3.05, 3.63) is 29.8 Å². The highest BCUT2D eigenvalue weighted by Gasteiger charge is 2.36. The van der Waals surface area contributed by atoms with Crippen molar-refractivity contribution in [2.75, 3.05) is 0 Å². The minimum Gasteiger partial charge on any atom is -0.292 e. The van der Waals surface area contributed by atoms with Gasteiger partial charge < -0.3 is 0 Å². The highest BCUT2D eigenvalue weighted by atomic mass is 32.2. The molecule has 0 spiro atoms. The molecule has 96 valence electrons. The Labute approximate surface area is 110 Å². The predicted octanol–water partition coefficient (Wildman–Crippen LogP) is 3.47. The van der Waals surface area contributed by atoms with Crippen LogP contribution in [0.15, 0.2) is 18.3 Å². The lowest BCUT2D eigenvalue weighted by Gasteiger charge is -2.37. The lowest BCUT2D eigenvalue weighted by atomic mass is 9.85.